The fourth-order valence-corrected chi connectivity index (χ4v) is 1.85. The third-order valence-electron chi connectivity index (χ3n) is 2.21. The smallest absolute Gasteiger partial charge is 0.311 e. The number of nitro groups is 1. The Morgan fingerprint density at radius 1 is 1.65 bits per heavy atom. The third-order valence-corrected chi connectivity index (χ3v) is 2.81. The molecule has 0 fully saturated rings. The van der Waals surface area contributed by atoms with Crippen molar-refractivity contribution in [1.29, 1.82) is 0 Å². The lowest BCUT2D eigenvalue weighted by Gasteiger charge is -2.12. The minimum atomic E-state index is -0.514. The first kappa shape index (κ1) is 13.9. The van der Waals surface area contributed by atoms with Crippen LogP contribution in [-0.4, -0.2) is 27.7 Å². The number of aliphatic hydroxyl groups is 1. The van der Waals surface area contributed by atoms with E-state index in [1.54, 1.807) is 0 Å². The van der Waals surface area contributed by atoms with Crippen LogP contribution < -0.4 is 5.32 Å². The van der Waals surface area contributed by atoms with Crippen LogP contribution in [0.4, 0.5) is 11.4 Å². The normalized spacial score (nSPS) is 12.2. The predicted molar refractivity (Wildman–Crippen MR) is 68.0 cm³/mol. The molecule has 17 heavy (non-hydrogen) atoms. The second-order valence-corrected chi connectivity index (χ2v) is 4.45. The van der Waals surface area contributed by atoms with E-state index in [1.165, 1.54) is 12.4 Å². The Kier molecular flexibility index (Phi) is 5.30. The van der Waals surface area contributed by atoms with Gasteiger partial charge in [0.15, 0.2) is 0 Å². The van der Waals surface area contributed by atoms with E-state index in [4.69, 9.17) is 0 Å². The Balaban J connectivity index is 2.79. The molecule has 0 aliphatic rings. The van der Waals surface area contributed by atoms with E-state index in [9.17, 15) is 15.2 Å². The lowest BCUT2D eigenvalue weighted by atomic mass is 10.2. The molecule has 1 unspecified atom stereocenters. The Morgan fingerprint density at radius 3 is 2.94 bits per heavy atom. The number of nitrogens with one attached hydrogen (secondary N) is 1. The van der Waals surface area contributed by atoms with E-state index in [-0.39, 0.29) is 12.2 Å². The van der Waals surface area contributed by atoms with Gasteiger partial charge in [-0.3, -0.25) is 15.1 Å². The highest BCUT2D eigenvalue weighted by Crippen LogP contribution is 2.30. The Labute approximate surface area is 107 Å². The number of hydrogen-bond acceptors (Lipinski definition) is 5. The molecule has 1 rings (SSSR count). The molecule has 0 saturated heterocycles. The summed E-state index contributed by atoms with van der Waals surface area (Å²) >= 11 is 3.19. The number of aliphatic hydroxyl groups excluding tert-OH is 1. The average Bonchev–Trinajstić information content (AvgIpc) is 2.27. The van der Waals surface area contributed by atoms with Crippen LogP contribution in [0, 0.1) is 10.1 Å². The topological polar surface area (TPSA) is 88.3 Å². The monoisotopic (exact) mass is 303 g/mol. The highest BCUT2D eigenvalue weighted by Gasteiger charge is 2.17. The number of rotatable bonds is 6. The molecule has 7 heteroatoms. The van der Waals surface area contributed by atoms with Crippen molar-refractivity contribution < 1.29 is 10.0 Å². The molecule has 1 heterocycles. The molecule has 0 spiro atoms. The van der Waals surface area contributed by atoms with Crippen molar-refractivity contribution in [1.82, 2.24) is 4.98 Å². The first-order chi connectivity index (χ1) is 8.06. The zero-order chi connectivity index (χ0) is 12.8. The van der Waals surface area contributed by atoms with Gasteiger partial charge in [-0.2, -0.15) is 0 Å². The average molecular weight is 304 g/mol. The summed E-state index contributed by atoms with van der Waals surface area (Å²) in [4.78, 5) is 14.0. The van der Waals surface area contributed by atoms with Gasteiger partial charge in [0, 0.05) is 12.7 Å². The van der Waals surface area contributed by atoms with E-state index >= 15 is 0 Å². The van der Waals surface area contributed by atoms with Crippen LogP contribution in [-0.2, 0) is 0 Å². The lowest BCUT2D eigenvalue weighted by Crippen LogP contribution is -2.19. The molecule has 0 radical (unpaired) electrons. The molecule has 0 bridgehead atoms. The van der Waals surface area contributed by atoms with Gasteiger partial charge in [-0.1, -0.05) is 13.3 Å². The van der Waals surface area contributed by atoms with E-state index in [0.29, 0.717) is 16.6 Å². The van der Waals surface area contributed by atoms with Crippen LogP contribution in [0.5, 0.6) is 0 Å². The number of pyridine rings is 1. The maximum absolute atomic E-state index is 10.8. The molecule has 0 aliphatic heterocycles. The Bertz CT molecular complexity index is 400. The van der Waals surface area contributed by atoms with Crippen molar-refractivity contribution in [2.45, 2.75) is 25.9 Å². The molecule has 0 saturated carbocycles. The molecular weight excluding hydrogens is 290 g/mol. The number of anilines is 1. The van der Waals surface area contributed by atoms with Crippen molar-refractivity contribution >= 4 is 27.3 Å². The van der Waals surface area contributed by atoms with Crippen LogP contribution in [0.25, 0.3) is 0 Å². The summed E-state index contributed by atoms with van der Waals surface area (Å²) in [6.45, 7) is 2.24. The van der Waals surface area contributed by atoms with Gasteiger partial charge in [0.1, 0.15) is 11.9 Å². The number of nitrogens with zero attached hydrogens (tertiary/aromatic N) is 2. The molecule has 1 atom stereocenters. The second kappa shape index (κ2) is 6.51. The van der Waals surface area contributed by atoms with Crippen LogP contribution >= 0.6 is 15.9 Å². The molecule has 0 aromatic carbocycles. The summed E-state index contributed by atoms with van der Waals surface area (Å²) in [6, 6.07) is 0. The van der Waals surface area contributed by atoms with Crippen molar-refractivity contribution in [3.05, 3.63) is 27.0 Å². The van der Waals surface area contributed by atoms with Gasteiger partial charge in [-0.25, -0.2) is 0 Å². The summed E-state index contributed by atoms with van der Waals surface area (Å²) in [7, 11) is 0. The molecule has 1 aromatic heterocycles. The zero-order valence-electron chi connectivity index (χ0n) is 9.39. The minimum Gasteiger partial charge on any atom is -0.391 e. The molecular formula is C10H14BrN3O3. The third kappa shape index (κ3) is 3.94. The SMILES string of the molecule is CCCC(O)CNc1c(Br)cncc1[N+](=O)[O-]. The van der Waals surface area contributed by atoms with Crippen LogP contribution in [0.1, 0.15) is 19.8 Å². The molecule has 94 valence electrons. The fourth-order valence-electron chi connectivity index (χ4n) is 1.39. The quantitative estimate of drug-likeness (QED) is 0.622. The highest BCUT2D eigenvalue weighted by atomic mass is 79.9. The van der Waals surface area contributed by atoms with Gasteiger partial charge in [-0.15, -0.1) is 0 Å². The maximum atomic E-state index is 10.8. The van der Waals surface area contributed by atoms with Gasteiger partial charge < -0.3 is 10.4 Å². The standard InChI is InChI=1S/C10H14BrN3O3/c1-2-3-7(15)4-13-10-8(11)5-12-6-9(10)14(16)17/h5-7,15H,2-4H2,1H3,(H,12,13). The van der Waals surface area contributed by atoms with Crippen molar-refractivity contribution in [2.75, 3.05) is 11.9 Å². The molecule has 0 amide bonds. The Morgan fingerprint density at radius 2 is 2.35 bits per heavy atom. The summed E-state index contributed by atoms with van der Waals surface area (Å²) < 4.78 is 0.510. The Hall–Kier alpha value is -1.21. The molecule has 6 nitrogen and oxygen atoms in total. The fraction of sp³-hybridized carbons (Fsp3) is 0.500. The van der Waals surface area contributed by atoms with E-state index < -0.39 is 11.0 Å². The lowest BCUT2D eigenvalue weighted by molar-refractivity contribution is -0.384. The predicted octanol–water partition coefficient (Wildman–Crippen LogP) is 2.33. The maximum Gasteiger partial charge on any atom is 0.311 e. The van der Waals surface area contributed by atoms with E-state index in [1.807, 2.05) is 6.92 Å². The van der Waals surface area contributed by atoms with Crippen molar-refractivity contribution in [3.63, 3.8) is 0 Å². The van der Waals surface area contributed by atoms with Gasteiger partial charge >= 0.3 is 5.69 Å². The largest absolute Gasteiger partial charge is 0.391 e. The molecule has 0 aliphatic carbocycles. The minimum absolute atomic E-state index is 0.108. The van der Waals surface area contributed by atoms with Crippen LogP contribution in [0.3, 0.4) is 0 Å². The molecule has 2 N–H and O–H groups in total. The van der Waals surface area contributed by atoms with Gasteiger partial charge in [0.05, 0.1) is 15.5 Å². The summed E-state index contributed by atoms with van der Waals surface area (Å²) in [5.41, 5.74) is 0.239. The van der Waals surface area contributed by atoms with Gasteiger partial charge in [-0.05, 0) is 22.4 Å². The van der Waals surface area contributed by atoms with Crippen LogP contribution in [0.15, 0.2) is 16.9 Å². The van der Waals surface area contributed by atoms with Gasteiger partial charge in [0.25, 0.3) is 0 Å². The zero-order valence-corrected chi connectivity index (χ0v) is 11.0. The first-order valence-corrected chi connectivity index (χ1v) is 6.05. The summed E-state index contributed by atoms with van der Waals surface area (Å²) in [6.07, 6.45) is 3.66. The van der Waals surface area contributed by atoms with Crippen molar-refractivity contribution in [3.8, 4) is 0 Å². The number of aromatic nitrogens is 1. The molecule has 1 aromatic rings. The van der Waals surface area contributed by atoms with Crippen LogP contribution in [0.2, 0.25) is 0 Å². The van der Waals surface area contributed by atoms with E-state index in [0.717, 1.165) is 6.42 Å². The van der Waals surface area contributed by atoms with Crippen molar-refractivity contribution in [2.24, 2.45) is 0 Å². The first-order valence-electron chi connectivity index (χ1n) is 5.26. The summed E-state index contributed by atoms with van der Waals surface area (Å²) in [5, 5.41) is 23.2. The number of halogens is 1. The second-order valence-electron chi connectivity index (χ2n) is 3.60. The highest BCUT2D eigenvalue weighted by molar-refractivity contribution is 9.10. The summed E-state index contributed by atoms with van der Waals surface area (Å²) in [5.74, 6) is 0. The number of hydrogen-bond donors (Lipinski definition) is 2. The van der Waals surface area contributed by atoms with Gasteiger partial charge in [0.2, 0.25) is 0 Å². The van der Waals surface area contributed by atoms with E-state index in [2.05, 4.69) is 26.2 Å².